The van der Waals surface area contributed by atoms with Crippen LogP contribution in [0.4, 0.5) is 0 Å². The molecule has 0 aromatic heterocycles. The minimum Gasteiger partial charge on any atom is -0.0891 e. The Morgan fingerprint density at radius 2 is 1.64 bits per heavy atom. The highest BCUT2D eigenvalue weighted by Gasteiger charge is 2.14. The van der Waals surface area contributed by atoms with Gasteiger partial charge in [0, 0.05) is 4.83 Å². The fourth-order valence-electron chi connectivity index (χ4n) is 0.890. The number of rotatable bonds is 3. The Labute approximate surface area is 79.9 Å². The van der Waals surface area contributed by atoms with Crippen LogP contribution in [0.5, 0.6) is 0 Å². The Balaban J connectivity index is 3.54. The Morgan fingerprint density at radius 3 is 1.91 bits per heavy atom. The van der Waals surface area contributed by atoms with Crippen LogP contribution in [0.3, 0.4) is 0 Å². The predicted molar refractivity (Wildman–Crippen MR) is 56.2 cm³/mol. The fraction of sp³-hybridized carbons (Fsp3) is 1.00. The summed E-state index contributed by atoms with van der Waals surface area (Å²) < 4.78 is 0. The van der Waals surface area contributed by atoms with Gasteiger partial charge in [0.05, 0.1) is 0 Å². The SMILES string of the molecule is CC(Br)C(C)CCC(C)(C)C. The van der Waals surface area contributed by atoms with Gasteiger partial charge >= 0.3 is 0 Å². The summed E-state index contributed by atoms with van der Waals surface area (Å²) in [6.45, 7) is 11.5. The van der Waals surface area contributed by atoms with Crippen molar-refractivity contribution >= 4 is 15.9 Å². The molecule has 0 aromatic carbocycles. The zero-order valence-electron chi connectivity index (χ0n) is 8.45. The normalized spacial score (nSPS) is 18.0. The maximum absolute atomic E-state index is 3.61. The molecule has 0 saturated heterocycles. The Bertz CT molecular complexity index is 99.9. The van der Waals surface area contributed by atoms with E-state index in [-0.39, 0.29) is 0 Å². The first kappa shape index (κ1) is 11.5. The summed E-state index contributed by atoms with van der Waals surface area (Å²) in [6, 6.07) is 0. The lowest BCUT2D eigenvalue weighted by Gasteiger charge is -2.21. The molecule has 0 aliphatic carbocycles. The second kappa shape index (κ2) is 4.49. The Morgan fingerprint density at radius 1 is 1.18 bits per heavy atom. The van der Waals surface area contributed by atoms with E-state index >= 15 is 0 Å². The molecule has 0 aliphatic rings. The van der Waals surface area contributed by atoms with Crippen molar-refractivity contribution in [3.63, 3.8) is 0 Å². The summed E-state index contributed by atoms with van der Waals surface area (Å²) in [6.07, 6.45) is 2.65. The lowest BCUT2D eigenvalue weighted by atomic mass is 9.86. The molecule has 0 spiro atoms. The minimum absolute atomic E-state index is 0.496. The summed E-state index contributed by atoms with van der Waals surface area (Å²) in [5.41, 5.74) is 0.496. The highest BCUT2D eigenvalue weighted by molar-refractivity contribution is 9.09. The molecule has 68 valence electrons. The molecule has 0 heterocycles. The summed E-state index contributed by atoms with van der Waals surface area (Å²) >= 11 is 3.61. The monoisotopic (exact) mass is 220 g/mol. The van der Waals surface area contributed by atoms with Crippen LogP contribution < -0.4 is 0 Å². The quantitative estimate of drug-likeness (QED) is 0.625. The van der Waals surface area contributed by atoms with Gasteiger partial charge in [0.2, 0.25) is 0 Å². The molecule has 0 bridgehead atoms. The van der Waals surface area contributed by atoms with Crippen molar-refractivity contribution in [2.24, 2.45) is 11.3 Å². The molecule has 11 heavy (non-hydrogen) atoms. The van der Waals surface area contributed by atoms with E-state index in [0.717, 1.165) is 5.92 Å². The van der Waals surface area contributed by atoms with Gasteiger partial charge in [0.25, 0.3) is 0 Å². The highest BCUT2D eigenvalue weighted by Crippen LogP contribution is 2.26. The molecule has 0 fully saturated rings. The lowest BCUT2D eigenvalue weighted by molar-refractivity contribution is 0.330. The fourth-order valence-corrected chi connectivity index (χ4v) is 1.15. The van der Waals surface area contributed by atoms with Gasteiger partial charge in [-0.2, -0.15) is 0 Å². The molecule has 0 aromatic rings. The minimum atomic E-state index is 0.496. The molecule has 0 radical (unpaired) electrons. The van der Waals surface area contributed by atoms with Crippen LogP contribution in [-0.4, -0.2) is 4.83 Å². The molecule has 1 heteroatoms. The molecule has 2 unspecified atom stereocenters. The molecular formula is C10H21Br. The van der Waals surface area contributed by atoms with Crippen molar-refractivity contribution in [3.05, 3.63) is 0 Å². The van der Waals surface area contributed by atoms with Crippen molar-refractivity contribution in [1.82, 2.24) is 0 Å². The lowest BCUT2D eigenvalue weighted by Crippen LogP contribution is -2.12. The third kappa shape index (κ3) is 6.86. The van der Waals surface area contributed by atoms with E-state index in [2.05, 4.69) is 50.5 Å². The Kier molecular flexibility index (Phi) is 4.69. The van der Waals surface area contributed by atoms with Gasteiger partial charge in [0.15, 0.2) is 0 Å². The first-order chi connectivity index (χ1) is 4.83. The maximum atomic E-state index is 3.61. The van der Waals surface area contributed by atoms with E-state index in [9.17, 15) is 0 Å². The second-order valence-corrected chi connectivity index (χ2v) is 6.20. The van der Waals surface area contributed by atoms with E-state index in [4.69, 9.17) is 0 Å². The average molecular weight is 221 g/mol. The van der Waals surface area contributed by atoms with Gasteiger partial charge in [-0.05, 0) is 24.2 Å². The Hall–Kier alpha value is 0.480. The zero-order valence-corrected chi connectivity index (χ0v) is 10.0. The molecule has 0 rings (SSSR count). The smallest absolute Gasteiger partial charge is 0.0143 e. The van der Waals surface area contributed by atoms with Crippen LogP contribution in [0.2, 0.25) is 0 Å². The van der Waals surface area contributed by atoms with Crippen LogP contribution >= 0.6 is 15.9 Å². The first-order valence-electron chi connectivity index (χ1n) is 4.47. The van der Waals surface area contributed by atoms with Gasteiger partial charge in [-0.25, -0.2) is 0 Å². The van der Waals surface area contributed by atoms with Crippen molar-refractivity contribution in [2.45, 2.75) is 52.3 Å². The van der Waals surface area contributed by atoms with Crippen LogP contribution in [0.1, 0.15) is 47.5 Å². The van der Waals surface area contributed by atoms with Crippen LogP contribution in [-0.2, 0) is 0 Å². The molecule has 0 aliphatic heterocycles. The molecule has 0 saturated carbocycles. The molecule has 2 atom stereocenters. The standard InChI is InChI=1S/C10H21Br/c1-8(9(2)11)6-7-10(3,4)5/h8-9H,6-7H2,1-5H3. The highest BCUT2D eigenvalue weighted by atomic mass is 79.9. The first-order valence-corrected chi connectivity index (χ1v) is 5.38. The largest absolute Gasteiger partial charge is 0.0891 e. The molecule has 0 nitrogen and oxygen atoms in total. The van der Waals surface area contributed by atoms with E-state index < -0.39 is 0 Å². The summed E-state index contributed by atoms with van der Waals surface area (Å²) in [4.78, 5) is 0.657. The van der Waals surface area contributed by atoms with Crippen molar-refractivity contribution in [1.29, 1.82) is 0 Å². The van der Waals surface area contributed by atoms with Crippen molar-refractivity contribution in [2.75, 3.05) is 0 Å². The molecular weight excluding hydrogens is 200 g/mol. The zero-order chi connectivity index (χ0) is 9.07. The maximum Gasteiger partial charge on any atom is 0.0143 e. The predicted octanol–water partition coefficient (Wildman–Crippen LogP) is 4.23. The van der Waals surface area contributed by atoms with Crippen molar-refractivity contribution in [3.8, 4) is 0 Å². The number of halogens is 1. The van der Waals surface area contributed by atoms with Gasteiger partial charge in [-0.15, -0.1) is 0 Å². The third-order valence-electron chi connectivity index (χ3n) is 2.13. The topological polar surface area (TPSA) is 0 Å². The number of alkyl halides is 1. The van der Waals surface area contributed by atoms with E-state index in [1.165, 1.54) is 12.8 Å². The third-order valence-corrected chi connectivity index (χ3v) is 3.04. The van der Waals surface area contributed by atoms with Gasteiger partial charge < -0.3 is 0 Å². The summed E-state index contributed by atoms with van der Waals surface area (Å²) in [5.74, 6) is 0.800. The van der Waals surface area contributed by atoms with Gasteiger partial charge in [-0.1, -0.05) is 50.5 Å². The molecule has 0 N–H and O–H groups in total. The second-order valence-electron chi connectivity index (χ2n) is 4.75. The van der Waals surface area contributed by atoms with Crippen molar-refractivity contribution < 1.29 is 0 Å². The number of hydrogen-bond donors (Lipinski definition) is 0. The van der Waals surface area contributed by atoms with Gasteiger partial charge in [0.1, 0.15) is 0 Å². The number of hydrogen-bond acceptors (Lipinski definition) is 0. The average Bonchev–Trinajstić information content (AvgIpc) is 1.80. The van der Waals surface area contributed by atoms with E-state index in [0.29, 0.717) is 10.2 Å². The van der Waals surface area contributed by atoms with E-state index in [1.54, 1.807) is 0 Å². The van der Waals surface area contributed by atoms with Gasteiger partial charge in [-0.3, -0.25) is 0 Å². The molecule has 0 amide bonds. The van der Waals surface area contributed by atoms with Crippen LogP contribution in [0.25, 0.3) is 0 Å². The summed E-state index contributed by atoms with van der Waals surface area (Å²) in [5, 5.41) is 0. The van der Waals surface area contributed by atoms with Crippen LogP contribution in [0, 0.1) is 11.3 Å². The van der Waals surface area contributed by atoms with E-state index in [1.807, 2.05) is 0 Å². The summed E-state index contributed by atoms with van der Waals surface area (Å²) in [7, 11) is 0. The van der Waals surface area contributed by atoms with Crippen LogP contribution in [0.15, 0.2) is 0 Å².